The van der Waals surface area contributed by atoms with Crippen LogP contribution in [0.4, 0.5) is 0 Å². The van der Waals surface area contributed by atoms with Gasteiger partial charge in [0.1, 0.15) is 0 Å². The molecule has 108 valence electrons. The van der Waals surface area contributed by atoms with Gasteiger partial charge < -0.3 is 5.11 Å². The van der Waals surface area contributed by atoms with E-state index in [1.807, 2.05) is 36.4 Å². The number of rotatable bonds is 4. The molecule has 0 unspecified atom stereocenters. The van der Waals surface area contributed by atoms with Crippen molar-refractivity contribution in [3.05, 3.63) is 46.8 Å². The van der Waals surface area contributed by atoms with E-state index in [1.54, 1.807) is 11.6 Å². The lowest BCUT2D eigenvalue weighted by Gasteiger charge is -2.09. The molecule has 1 heterocycles. The number of aliphatic hydroxyl groups is 1. The van der Waals surface area contributed by atoms with Gasteiger partial charge in [0.05, 0.1) is 10.9 Å². The van der Waals surface area contributed by atoms with E-state index in [9.17, 15) is 4.79 Å². The number of aromatic nitrogens is 2. The molecule has 0 saturated carbocycles. The summed E-state index contributed by atoms with van der Waals surface area (Å²) in [5, 5.41) is 12.3. The molecule has 0 fully saturated rings. The SMILES string of the molecule is Cn1c(SCCCO)nc2cc3ccccc3cc2c1=O. The number of fused-ring (bicyclic) bond motifs is 2. The second-order valence-electron chi connectivity index (χ2n) is 4.90. The Kier molecular flexibility index (Phi) is 3.94. The highest BCUT2D eigenvalue weighted by molar-refractivity contribution is 7.99. The first kappa shape index (κ1) is 14.1. The summed E-state index contributed by atoms with van der Waals surface area (Å²) in [4.78, 5) is 17.1. The predicted octanol–water partition coefficient (Wildman–Crippen LogP) is 2.56. The van der Waals surface area contributed by atoms with Crippen LogP contribution in [0.15, 0.2) is 46.3 Å². The van der Waals surface area contributed by atoms with Crippen molar-refractivity contribution in [3.8, 4) is 0 Å². The number of hydrogen-bond donors (Lipinski definition) is 1. The summed E-state index contributed by atoms with van der Waals surface area (Å²) >= 11 is 1.50. The molecular formula is C16H16N2O2S. The van der Waals surface area contributed by atoms with Crippen molar-refractivity contribution >= 4 is 33.4 Å². The molecule has 3 aromatic rings. The summed E-state index contributed by atoms with van der Waals surface area (Å²) in [6.45, 7) is 0.152. The number of aliphatic hydroxyl groups excluding tert-OH is 1. The molecule has 0 atom stereocenters. The fourth-order valence-corrected chi connectivity index (χ4v) is 3.19. The Morgan fingerprint density at radius 3 is 2.67 bits per heavy atom. The van der Waals surface area contributed by atoms with Crippen molar-refractivity contribution in [1.29, 1.82) is 0 Å². The van der Waals surface area contributed by atoms with E-state index in [0.717, 1.165) is 22.0 Å². The van der Waals surface area contributed by atoms with Gasteiger partial charge in [0.2, 0.25) is 0 Å². The van der Waals surface area contributed by atoms with Gasteiger partial charge in [-0.15, -0.1) is 0 Å². The van der Waals surface area contributed by atoms with Gasteiger partial charge in [-0.05, 0) is 29.3 Å². The third kappa shape index (κ3) is 2.66. The Morgan fingerprint density at radius 2 is 1.95 bits per heavy atom. The molecule has 0 aliphatic carbocycles. The van der Waals surface area contributed by atoms with Crippen LogP contribution in [0.5, 0.6) is 0 Å². The minimum Gasteiger partial charge on any atom is -0.396 e. The van der Waals surface area contributed by atoms with E-state index in [0.29, 0.717) is 17.0 Å². The maximum Gasteiger partial charge on any atom is 0.261 e. The van der Waals surface area contributed by atoms with Crippen LogP contribution in [0.2, 0.25) is 0 Å². The second-order valence-corrected chi connectivity index (χ2v) is 5.96. The number of nitrogens with zero attached hydrogens (tertiary/aromatic N) is 2. The first-order valence-electron chi connectivity index (χ1n) is 6.84. The van der Waals surface area contributed by atoms with Crippen molar-refractivity contribution in [2.45, 2.75) is 11.6 Å². The average molecular weight is 300 g/mol. The highest BCUT2D eigenvalue weighted by atomic mass is 32.2. The maximum absolute atomic E-state index is 12.5. The monoisotopic (exact) mass is 300 g/mol. The summed E-state index contributed by atoms with van der Waals surface area (Å²) in [6, 6.07) is 11.8. The maximum atomic E-state index is 12.5. The Balaban J connectivity index is 2.17. The van der Waals surface area contributed by atoms with Crippen molar-refractivity contribution in [2.75, 3.05) is 12.4 Å². The van der Waals surface area contributed by atoms with E-state index in [4.69, 9.17) is 5.11 Å². The zero-order valence-electron chi connectivity index (χ0n) is 11.7. The van der Waals surface area contributed by atoms with Crippen molar-refractivity contribution < 1.29 is 5.11 Å². The van der Waals surface area contributed by atoms with Gasteiger partial charge in [0, 0.05) is 19.4 Å². The van der Waals surface area contributed by atoms with Crippen LogP contribution in [0, 0.1) is 0 Å². The molecule has 0 radical (unpaired) electrons. The fraction of sp³-hybridized carbons (Fsp3) is 0.250. The van der Waals surface area contributed by atoms with Crippen LogP contribution >= 0.6 is 11.8 Å². The average Bonchev–Trinajstić information content (AvgIpc) is 2.51. The smallest absolute Gasteiger partial charge is 0.261 e. The zero-order chi connectivity index (χ0) is 14.8. The minimum absolute atomic E-state index is 0.0303. The van der Waals surface area contributed by atoms with Crippen LogP contribution in [0.3, 0.4) is 0 Å². The number of thioether (sulfide) groups is 1. The highest BCUT2D eigenvalue weighted by Crippen LogP contribution is 2.22. The van der Waals surface area contributed by atoms with E-state index < -0.39 is 0 Å². The third-order valence-corrected chi connectivity index (χ3v) is 4.55. The normalized spacial score (nSPS) is 11.3. The van der Waals surface area contributed by atoms with Crippen LogP contribution < -0.4 is 5.56 Å². The molecule has 1 N–H and O–H groups in total. The van der Waals surface area contributed by atoms with Crippen LogP contribution in [0.1, 0.15) is 6.42 Å². The van der Waals surface area contributed by atoms with Crippen LogP contribution in [0.25, 0.3) is 21.7 Å². The van der Waals surface area contributed by atoms with Gasteiger partial charge in [-0.2, -0.15) is 0 Å². The predicted molar refractivity (Wildman–Crippen MR) is 86.9 cm³/mol. The molecule has 0 spiro atoms. The molecule has 2 aromatic carbocycles. The lowest BCUT2D eigenvalue weighted by Crippen LogP contribution is -2.20. The molecule has 0 aliphatic rings. The lowest BCUT2D eigenvalue weighted by molar-refractivity contribution is 0.296. The first-order chi connectivity index (χ1) is 10.2. The molecule has 5 heteroatoms. The highest BCUT2D eigenvalue weighted by Gasteiger charge is 2.09. The standard InChI is InChI=1S/C16H16N2O2S/c1-18-15(20)13-9-11-5-2-3-6-12(11)10-14(13)17-16(18)21-8-4-7-19/h2-3,5-6,9-10,19H,4,7-8H2,1H3. The molecular weight excluding hydrogens is 284 g/mol. The van der Waals surface area contributed by atoms with Gasteiger partial charge in [0.15, 0.2) is 5.16 Å². The number of hydrogen-bond acceptors (Lipinski definition) is 4. The summed E-state index contributed by atoms with van der Waals surface area (Å²) in [5.41, 5.74) is 0.695. The van der Waals surface area contributed by atoms with Crippen molar-refractivity contribution in [1.82, 2.24) is 9.55 Å². The molecule has 0 saturated heterocycles. The largest absolute Gasteiger partial charge is 0.396 e. The molecule has 0 aliphatic heterocycles. The summed E-state index contributed by atoms with van der Waals surface area (Å²) in [5.74, 6) is 0.746. The Morgan fingerprint density at radius 1 is 1.24 bits per heavy atom. The number of benzene rings is 2. The molecule has 4 nitrogen and oxygen atoms in total. The van der Waals surface area contributed by atoms with Crippen molar-refractivity contribution in [3.63, 3.8) is 0 Å². The van der Waals surface area contributed by atoms with E-state index in [1.165, 1.54) is 11.8 Å². The summed E-state index contributed by atoms with van der Waals surface area (Å²) in [6.07, 6.45) is 0.691. The van der Waals surface area contributed by atoms with Crippen LogP contribution in [-0.2, 0) is 7.05 Å². The fourth-order valence-electron chi connectivity index (χ4n) is 2.29. The summed E-state index contributed by atoms with van der Waals surface area (Å²) in [7, 11) is 1.74. The molecule has 1 aromatic heterocycles. The first-order valence-corrected chi connectivity index (χ1v) is 7.82. The Hall–Kier alpha value is -1.85. The van der Waals surface area contributed by atoms with Gasteiger partial charge in [-0.25, -0.2) is 4.98 Å². The molecule has 0 bridgehead atoms. The van der Waals surface area contributed by atoms with E-state index in [2.05, 4.69) is 4.98 Å². The topological polar surface area (TPSA) is 55.1 Å². The lowest BCUT2D eigenvalue weighted by atomic mass is 10.1. The van der Waals surface area contributed by atoms with Crippen molar-refractivity contribution in [2.24, 2.45) is 7.05 Å². The zero-order valence-corrected chi connectivity index (χ0v) is 12.6. The van der Waals surface area contributed by atoms with Gasteiger partial charge >= 0.3 is 0 Å². The minimum atomic E-state index is -0.0303. The Bertz CT molecular complexity index is 858. The second kappa shape index (κ2) is 5.87. The third-order valence-electron chi connectivity index (χ3n) is 3.44. The molecule has 0 amide bonds. The van der Waals surface area contributed by atoms with E-state index >= 15 is 0 Å². The van der Waals surface area contributed by atoms with E-state index in [-0.39, 0.29) is 12.2 Å². The molecule has 21 heavy (non-hydrogen) atoms. The van der Waals surface area contributed by atoms with Gasteiger partial charge in [-0.3, -0.25) is 9.36 Å². The quantitative estimate of drug-likeness (QED) is 0.348. The van der Waals surface area contributed by atoms with Gasteiger partial charge in [-0.1, -0.05) is 36.0 Å². The molecule has 3 rings (SSSR count). The van der Waals surface area contributed by atoms with Gasteiger partial charge in [0.25, 0.3) is 5.56 Å². The van der Waals surface area contributed by atoms with Crippen LogP contribution in [-0.4, -0.2) is 27.0 Å². The Labute approximate surface area is 126 Å². The summed E-state index contributed by atoms with van der Waals surface area (Å²) < 4.78 is 1.58.